The van der Waals surface area contributed by atoms with Crippen molar-refractivity contribution in [2.45, 2.75) is 72.4 Å². The van der Waals surface area contributed by atoms with Gasteiger partial charge in [-0.15, -0.1) is 0 Å². The van der Waals surface area contributed by atoms with E-state index in [9.17, 15) is 9.59 Å². The molecule has 3 atom stereocenters. The zero-order valence-electron chi connectivity index (χ0n) is 20.8. The van der Waals surface area contributed by atoms with Crippen molar-refractivity contribution < 1.29 is 18.7 Å². The van der Waals surface area contributed by atoms with Crippen molar-refractivity contribution >= 4 is 23.5 Å². The molecule has 33 heavy (non-hydrogen) atoms. The van der Waals surface area contributed by atoms with E-state index < -0.39 is 16.8 Å². The Balaban J connectivity index is 1.90. The monoisotopic (exact) mass is 460 g/mol. The van der Waals surface area contributed by atoms with Crippen LogP contribution < -0.4 is 11.1 Å². The van der Waals surface area contributed by atoms with Crippen LogP contribution in [0.2, 0.25) is 0 Å². The molecule has 0 bridgehead atoms. The number of hydrogen-bond acceptors (Lipinski definition) is 6. The smallest absolute Gasteiger partial charge is 0.306 e. The second kappa shape index (κ2) is 8.61. The van der Waals surface area contributed by atoms with Gasteiger partial charge in [-0.25, -0.2) is 9.38 Å². The number of ether oxygens (including phenoxy) is 1. The predicted molar refractivity (Wildman–Crippen MR) is 127 cm³/mol. The number of carbonyl (C=O) groups excluding carboxylic acids is 2. The number of anilines is 1. The molecule has 0 radical (unpaired) electrons. The van der Waals surface area contributed by atoms with Gasteiger partial charge in [0, 0.05) is 30.8 Å². The largest absolute Gasteiger partial charge is 0.466 e. The fourth-order valence-electron chi connectivity index (χ4n) is 5.20. The highest BCUT2D eigenvalue weighted by atomic mass is 19.1. The fourth-order valence-corrected chi connectivity index (χ4v) is 5.20. The molecule has 0 saturated heterocycles. The number of nitrogens with two attached hydrogens (primary N) is 1. The molecule has 1 aromatic carbocycles. The van der Waals surface area contributed by atoms with Crippen LogP contribution in [0.15, 0.2) is 23.2 Å². The van der Waals surface area contributed by atoms with Crippen molar-refractivity contribution in [3.63, 3.8) is 0 Å². The Labute approximate surface area is 196 Å². The van der Waals surface area contributed by atoms with Crippen LogP contribution >= 0.6 is 0 Å². The lowest BCUT2D eigenvalue weighted by Crippen LogP contribution is -2.58. The van der Waals surface area contributed by atoms with Crippen LogP contribution in [0.5, 0.6) is 0 Å². The van der Waals surface area contributed by atoms with Crippen LogP contribution in [0, 0.1) is 22.6 Å². The number of carbonyl (C=O) groups is 2. The van der Waals surface area contributed by atoms with E-state index in [2.05, 4.69) is 24.2 Å². The molecule has 1 aromatic rings. The summed E-state index contributed by atoms with van der Waals surface area (Å²) in [7, 11) is 1.58. The summed E-state index contributed by atoms with van der Waals surface area (Å²) in [6, 6.07) is 4.95. The number of nitrogens with zero attached hydrogens (tertiary/aromatic N) is 2. The first-order valence-electron chi connectivity index (χ1n) is 11.6. The maximum absolute atomic E-state index is 15.1. The summed E-state index contributed by atoms with van der Waals surface area (Å²) in [5.74, 6) is -0.553. The van der Waals surface area contributed by atoms with Crippen molar-refractivity contribution in [3.05, 3.63) is 29.6 Å². The van der Waals surface area contributed by atoms with Crippen molar-refractivity contribution in [2.75, 3.05) is 19.0 Å². The number of halogens is 1. The molecular weight excluding hydrogens is 423 g/mol. The molecule has 3 N–H and O–H groups in total. The molecule has 1 aliphatic carbocycles. The van der Waals surface area contributed by atoms with E-state index in [4.69, 9.17) is 10.5 Å². The molecule has 2 unspecified atom stereocenters. The first-order chi connectivity index (χ1) is 15.3. The molecule has 2 aliphatic rings. The maximum Gasteiger partial charge on any atom is 0.306 e. The standard InChI is InChI=1S/C25H37FN4O3/c1-8-33-20(31)13-15-9-12-19(23(15,2)3)28-16-10-11-18(26)17(14-16)25(6)24(4,5)21(32)30(7)22(27)29-25/h10-11,14-15,19,28H,8-9,12-13H2,1-7H3,(H2,27,29)/t15?,19?,25-/m0/s1. The van der Waals surface area contributed by atoms with Gasteiger partial charge in [-0.3, -0.25) is 14.5 Å². The Morgan fingerprint density at radius 2 is 1.94 bits per heavy atom. The molecule has 1 saturated carbocycles. The SMILES string of the molecule is CCOC(=O)CC1CCC(Nc2ccc(F)c([C@]3(C)N=C(N)N(C)C(=O)C3(C)C)c2)C1(C)C. The van der Waals surface area contributed by atoms with E-state index in [-0.39, 0.29) is 35.2 Å². The quantitative estimate of drug-likeness (QED) is 0.625. The number of aliphatic imine (C=N–C) groups is 1. The summed E-state index contributed by atoms with van der Waals surface area (Å²) in [6.07, 6.45) is 2.19. The van der Waals surface area contributed by atoms with Crippen LogP contribution in [0.25, 0.3) is 0 Å². The van der Waals surface area contributed by atoms with Gasteiger partial charge in [-0.1, -0.05) is 13.8 Å². The Morgan fingerprint density at radius 3 is 2.58 bits per heavy atom. The van der Waals surface area contributed by atoms with Gasteiger partial charge in [-0.05, 0) is 70.1 Å². The van der Waals surface area contributed by atoms with Crippen molar-refractivity contribution in [3.8, 4) is 0 Å². The summed E-state index contributed by atoms with van der Waals surface area (Å²) in [4.78, 5) is 30.9. The van der Waals surface area contributed by atoms with Gasteiger partial charge in [-0.2, -0.15) is 0 Å². The summed E-state index contributed by atoms with van der Waals surface area (Å²) in [5.41, 5.74) is 4.76. The minimum atomic E-state index is -1.17. The van der Waals surface area contributed by atoms with E-state index in [0.29, 0.717) is 18.6 Å². The third kappa shape index (κ3) is 4.20. The van der Waals surface area contributed by atoms with Gasteiger partial charge in [0.2, 0.25) is 5.91 Å². The summed E-state index contributed by atoms with van der Waals surface area (Å²) in [5, 5.41) is 3.55. The number of esters is 1. The Hall–Kier alpha value is -2.64. The molecule has 8 heteroatoms. The van der Waals surface area contributed by atoms with E-state index in [0.717, 1.165) is 18.5 Å². The lowest BCUT2D eigenvalue weighted by Gasteiger charge is -2.46. The highest BCUT2D eigenvalue weighted by Gasteiger charge is 2.54. The molecule has 3 rings (SSSR count). The predicted octanol–water partition coefficient (Wildman–Crippen LogP) is 4.02. The summed E-state index contributed by atoms with van der Waals surface area (Å²) in [6.45, 7) is 11.8. The maximum atomic E-state index is 15.1. The van der Waals surface area contributed by atoms with Gasteiger partial charge in [0.05, 0.1) is 12.0 Å². The average Bonchev–Trinajstić information content (AvgIpc) is 3.00. The van der Waals surface area contributed by atoms with Crippen molar-refractivity contribution in [2.24, 2.45) is 27.5 Å². The number of amides is 1. The van der Waals surface area contributed by atoms with Crippen LogP contribution in [-0.4, -0.2) is 42.4 Å². The fraction of sp³-hybridized carbons (Fsp3) is 0.640. The van der Waals surface area contributed by atoms with Crippen LogP contribution in [0.3, 0.4) is 0 Å². The van der Waals surface area contributed by atoms with E-state index in [1.165, 1.54) is 11.0 Å². The van der Waals surface area contributed by atoms with Crippen molar-refractivity contribution in [1.82, 2.24) is 4.90 Å². The second-order valence-corrected chi connectivity index (χ2v) is 10.5. The number of guanidine groups is 1. The summed E-state index contributed by atoms with van der Waals surface area (Å²) >= 11 is 0. The Bertz CT molecular complexity index is 974. The average molecular weight is 461 g/mol. The first-order valence-corrected chi connectivity index (χ1v) is 11.6. The first kappa shape index (κ1) is 25.0. The zero-order chi connectivity index (χ0) is 24.8. The second-order valence-electron chi connectivity index (χ2n) is 10.5. The van der Waals surface area contributed by atoms with Gasteiger partial charge in [0.25, 0.3) is 0 Å². The molecule has 182 valence electrons. The van der Waals surface area contributed by atoms with Gasteiger partial charge in [0.15, 0.2) is 5.96 Å². The molecule has 0 spiro atoms. The van der Waals surface area contributed by atoms with E-state index in [1.54, 1.807) is 40.0 Å². The molecular formula is C25H37FN4O3. The molecule has 1 amide bonds. The zero-order valence-corrected chi connectivity index (χ0v) is 20.8. The molecule has 0 aromatic heterocycles. The van der Waals surface area contributed by atoms with E-state index >= 15 is 4.39 Å². The summed E-state index contributed by atoms with van der Waals surface area (Å²) < 4.78 is 20.3. The molecule has 7 nitrogen and oxygen atoms in total. The number of benzene rings is 1. The minimum absolute atomic E-state index is 0.0679. The minimum Gasteiger partial charge on any atom is -0.466 e. The third-order valence-corrected chi connectivity index (χ3v) is 8.04. The topological polar surface area (TPSA) is 97.0 Å². The highest BCUT2D eigenvalue weighted by molar-refractivity contribution is 6.01. The Morgan fingerprint density at radius 1 is 1.27 bits per heavy atom. The highest BCUT2D eigenvalue weighted by Crippen LogP contribution is 2.49. The van der Waals surface area contributed by atoms with Crippen LogP contribution in [0.4, 0.5) is 10.1 Å². The van der Waals surface area contributed by atoms with Crippen LogP contribution in [0.1, 0.15) is 66.4 Å². The van der Waals surface area contributed by atoms with Crippen LogP contribution in [-0.2, 0) is 19.9 Å². The van der Waals surface area contributed by atoms with Gasteiger partial charge >= 0.3 is 5.97 Å². The molecule has 1 heterocycles. The normalized spacial score (nSPS) is 28.4. The van der Waals surface area contributed by atoms with Crippen molar-refractivity contribution in [1.29, 1.82) is 0 Å². The molecule has 1 fully saturated rings. The lowest BCUT2D eigenvalue weighted by molar-refractivity contribution is -0.145. The van der Waals surface area contributed by atoms with Gasteiger partial charge < -0.3 is 15.8 Å². The molecule has 1 aliphatic heterocycles. The number of hydrogen-bond donors (Lipinski definition) is 2. The van der Waals surface area contributed by atoms with E-state index in [1.807, 2.05) is 6.92 Å². The third-order valence-electron chi connectivity index (χ3n) is 8.04. The lowest BCUT2D eigenvalue weighted by atomic mass is 9.67. The van der Waals surface area contributed by atoms with Gasteiger partial charge in [0.1, 0.15) is 11.4 Å². The number of nitrogens with one attached hydrogen (secondary N) is 1. The Kier molecular flexibility index (Phi) is 6.52. The number of rotatable bonds is 6.